The minimum Gasteiger partial charge on any atom is -0.0801 e. The molecule has 0 aromatic heterocycles. The van der Waals surface area contributed by atoms with Gasteiger partial charge in [-0.3, -0.25) is 0 Å². The molecule has 0 radical (unpaired) electrons. The highest BCUT2D eigenvalue weighted by Crippen LogP contribution is 2.32. The van der Waals surface area contributed by atoms with Gasteiger partial charge in [-0.15, -0.1) is 0 Å². The van der Waals surface area contributed by atoms with E-state index in [-0.39, 0.29) is 0 Å². The lowest BCUT2D eigenvalue weighted by molar-refractivity contribution is 1.25. The lowest BCUT2D eigenvalue weighted by Crippen LogP contribution is -1.84. The molecule has 0 heteroatoms. The predicted molar refractivity (Wildman–Crippen MR) is 52.9 cm³/mol. The number of hydrogen-bond acceptors (Lipinski definition) is 0. The van der Waals surface area contributed by atoms with Crippen LogP contribution in [0.1, 0.15) is 26.7 Å². The van der Waals surface area contributed by atoms with E-state index in [1.807, 2.05) is 0 Å². The molecule has 0 nitrogen and oxygen atoms in total. The summed E-state index contributed by atoms with van der Waals surface area (Å²) in [6.45, 7) is 4.42. The maximum atomic E-state index is 2.32. The van der Waals surface area contributed by atoms with Crippen LogP contribution in [0, 0.1) is 0 Å². The summed E-state index contributed by atoms with van der Waals surface area (Å²) in [4.78, 5) is 0. The van der Waals surface area contributed by atoms with Gasteiger partial charge in [-0.25, -0.2) is 0 Å². The van der Waals surface area contributed by atoms with Crippen molar-refractivity contribution >= 4 is 0 Å². The minimum atomic E-state index is 1.12. The summed E-state index contributed by atoms with van der Waals surface area (Å²) >= 11 is 0. The second kappa shape index (κ2) is 2.78. The van der Waals surface area contributed by atoms with Gasteiger partial charge in [0.1, 0.15) is 0 Å². The van der Waals surface area contributed by atoms with Gasteiger partial charge in [0.15, 0.2) is 0 Å². The van der Waals surface area contributed by atoms with Gasteiger partial charge in [0, 0.05) is 0 Å². The van der Waals surface area contributed by atoms with Crippen LogP contribution in [0.4, 0.5) is 0 Å². The molecule has 62 valence electrons. The maximum absolute atomic E-state index is 2.32. The third-order valence-electron chi connectivity index (χ3n) is 2.78. The summed E-state index contributed by atoms with van der Waals surface area (Å²) in [7, 11) is 0. The third-order valence-corrected chi connectivity index (χ3v) is 2.78. The van der Waals surface area contributed by atoms with Crippen molar-refractivity contribution in [1.82, 2.24) is 0 Å². The zero-order valence-corrected chi connectivity index (χ0v) is 7.72. The van der Waals surface area contributed by atoms with Crippen molar-refractivity contribution in [1.29, 1.82) is 0 Å². The Labute approximate surface area is 74.0 Å². The summed E-state index contributed by atoms with van der Waals surface area (Å²) < 4.78 is 0. The quantitative estimate of drug-likeness (QED) is 0.547. The Morgan fingerprint density at radius 3 is 2.50 bits per heavy atom. The average Bonchev–Trinajstić information content (AvgIpc) is 2.64. The monoisotopic (exact) mass is 158 g/mol. The van der Waals surface area contributed by atoms with Crippen LogP contribution in [0.15, 0.2) is 46.6 Å². The molecule has 0 N–H and O–H groups in total. The van der Waals surface area contributed by atoms with Crippen molar-refractivity contribution in [2.45, 2.75) is 26.7 Å². The molecule has 0 spiro atoms. The lowest BCUT2D eigenvalue weighted by atomic mass is 10.0. The van der Waals surface area contributed by atoms with Gasteiger partial charge in [0.05, 0.1) is 0 Å². The molecule has 0 unspecified atom stereocenters. The van der Waals surface area contributed by atoms with E-state index >= 15 is 0 Å². The Balaban J connectivity index is 2.33. The molecule has 0 bridgehead atoms. The molecule has 12 heavy (non-hydrogen) atoms. The van der Waals surface area contributed by atoms with Crippen LogP contribution in [0.25, 0.3) is 0 Å². The van der Waals surface area contributed by atoms with Crippen molar-refractivity contribution in [3.63, 3.8) is 0 Å². The van der Waals surface area contributed by atoms with Crippen molar-refractivity contribution in [3.8, 4) is 0 Å². The summed E-state index contributed by atoms with van der Waals surface area (Å²) in [5.41, 5.74) is 5.90. The van der Waals surface area contributed by atoms with E-state index in [1.165, 1.54) is 22.3 Å². The topological polar surface area (TPSA) is 0 Å². The molecule has 0 fully saturated rings. The van der Waals surface area contributed by atoms with Crippen molar-refractivity contribution in [2.75, 3.05) is 0 Å². The maximum Gasteiger partial charge on any atom is -0.00831 e. The zero-order valence-electron chi connectivity index (χ0n) is 7.72. The molecule has 0 aromatic rings. The first-order valence-corrected chi connectivity index (χ1v) is 4.53. The van der Waals surface area contributed by atoms with E-state index in [0.29, 0.717) is 0 Å². The molecular formula is C12H14. The van der Waals surface area contributed by atoms with Crippen LogP contribution in [-0.4, -0.2) is 0 Å². The highest BCUT2D eigenvalue weighted by atomic mass is 14.2. The first kappa shape index (κ1) is 7.60. The van der Waals surface area contributed by atoms with Crippen LogP contribution in [0.3, 0.4) is 0 Å². The lowest BCUT2D eigenvalue weighted by Gasteiger charge is -2.03. The summed E-state index contributed by atoms with van der Waals surface area (Å²) in [6, 6.07) is 0. The van der Waals surface area contributed by atoms with Crippen LogP contribution in [0.5, 0.6) is 0 Å². The fraction of sp³-hybridized carbons (Fsp3) is 0.333. The molecule has 0 atom stereocenters. The van der Waals surface area contributed by atoms with E-state index in [9.17, 15) is 0 Å². The predicted octanol–water partition coefficient (Wildman–Crippen LogP) is 3.54. The third kappa shape index (κ3) is 1.08. The highest BCUT2D eigenvalue weighted by Gasteiger charge is 2.13. The number of allylic oxidation sites excluding steroid dienone is 8. The number of rotatable bonds is 1. The van der Waals surface area contributed by atoms with Gasteiger partial charge >= 0.3 is 0 Å². The van der Waals surface area contributed by atoms with Crippen LogP contribution in [0.2, 0.25) is 0 Å². The Morgan fingerprint density at radius 1 is 1.17 bits per heavy atom. The van der Waals surface area contributed by atoms with E-state index in [0.717, 1.165) is 12.8 Å². The van der Waals surface area contributed by atoms with Crippen LogP contribution in [-0.2, 0) is 0 Å². The zero-order chi connectivity index (χ0) is 8.55. The molecule has 2 aliphatic carbocycles. The van der Waals surface area contributed by atoms with Crippen LogP contribution >= 0.6 is 0 Å². The molecule has 0 amide bonds. The molecule has 0 heterocycles. The van der Waals surface area contributed by atoms with Gasteiger partial charge < -0.3 is 0 Å². The molecule has 0 saturated heterocycles. The number of hydrogen-bond donors (Lipinski definition) is 0. The first-order valence-electron chi connectivity index (χ1n) is 4.53. The Bertz CT molecular complexity index is 322. The molecule has 0 aliphatic heterocycles. The molecular weight excluding hydrogens is 144 g/mol. The Morgan fingerprint density at radius 2 is 2.00 bits per heavy atom. The second-order valence-electron chi connectivity index (χ2n) is 3.49. The van der Waals surface area contributed by atoms with E-state index in [2.05, 4.69) is 38.2 Å². The SMILES string of the molecule is CC1=CCC(C2=CCC=C2)=C1C. The van der Waals surface area contributed by atoms with Gasteiger partial charge in [-0.05, 0) is 43.4 Å². The van der Waals surface area contributed by atoms with Gasteiger partial charge in [0.25, 0.3) is 0 Å². The first-order chi connectivity index (χ1) is 5.79. The van der Waals surface area contributed by atoms with Gasteiger partial charge in [0.2, 0.25) is 0 Å². The Kier molecular flexibility index (Phi) is 1.76. The molecule has 0 saturated carbocycles. The smallest absolute Gasteiger partial charge is 0.00831 e. The average molecular weight is 158 g/mol. The largest absolute Gasteiger partial charge is 0.0801 e. The summed E-state index contributed by atoms with van der Waals surface area (Å²) in [6.07, 6.45) is 11.3. The standard InChI is InChI=1S/C12H14/c1-9-7-8-12(10(9)2)11-5-3-4-6-11/h3,5-7H,4,8H2,1-2H3. The minimum absolute atomic E-state index is 1.12. The normalized spacial score (nSPS) is 21.8. The fourth-order valence-electron chi connectivity index (χ4n) is 1.82. The van der Waals surface area contributed by atoms with Crippen molar-refractivity contribution in [2.24, 2.45) is 0 Å². The molecule has 2 aliphatic rings. The molecule has 0 aromatic carbocycles. The second-order valence-corrected chi connectivity index (χ2v) is 3.49. The fourth-order valence-corrected chi connectivity index (χ4v) is 1.82. The van der Waals surface area contributed by atoms with E-state index < -0.39 is 0 Å². The van der Waals surface area contributed by atoms with E-state index in [1.54, 1.807) is 0 Å². The van der Waals surface area contributed by atoms with Crippen molar-refractivity contribution < 1.29 is 0 Å². The van der Waals surface area contributed by atoms with Gasteiger partial charge in [-0.2, -0.15) is 0 Å². The Hall–Kier alpha value is -1.04. The summed E-state index contributed by atoms with van der Waals surface area (Å²) in [5.74, 6) is 0. The van der Waals surface area contributed by atoms with Gasteiger partial charge in [-0.1, -0.05) is 29.9 Å². The van der Waals surface area contributed by atoms with E-state index in [4.69, 9.17) is 0 Å². The van der Waals surface area contributed by atoms with Crippen molar-refractivity contribution in [3.05, 3.63) is 46.6 Å². The van der Waals surface area contributed by atoms with Crippen LogP contribution < -0.4 is 0 Å². The summed E-state index contributed by atoms with van der Waals surface area (Å²) in [5, 5.41) is 0. The molecule has 2 rings (SSSR count). The highest BCUT2D eigenvalue weighted by molar-refractivity contribution is 5.54.